The minimum atomic E-state index is -0.299. The number of rotatable bonds is 2. The number of hydrogen-bond donors (Lipinski definition) is 1. The van der Waals surface area contributed by atoms with E-state index in [-0.39, 0.29) is 30.0 Å². The largest absolute Gasteiger partial charge is 0.392 e. The Morgan fingerprint density at radius 2 is 1.09 bits per heavy atom. The normalized spacial score (nSPS) is 32.8. The minimum Gasteiger partial charge on any atom is -0.392 e. The van der Waals surface area contributed by atoms with Gasteiger partial charge in [0, 0.05) is 23.9 Å². The summed E-state index contributed by atoms with van der Waals surface area (Å²) < 4.78 is 0. The van der Waals surface area contributed by atoms with E-state index in [0.717, 1.165) is 0 Å². The highest BCUT2D eigenvalue weighted by molar-refractivity contribution is 5.26. The molecule has 116 valence electrons. The van der Waals surface area contributed by atoms with E-state index in [0.29, 0.717) is 0 Å². The van der Waals surface area contributed by atoms with Gasteiger partial charge in [-0.2, -0.15) is 0 Å². The fraction of sp³-hybridized carbons (Fsp3) is 0.400. The topological polar surface area (TPSA) is 23.5 Å². The zero-order chi connectivity index (χ0) is 15.7. The highest BCUT2D eigenvalue weighted by atomic mass is 16.3. The molecule has 2 aromatic rings. The van der Waals surface area contributed by atoms with Crippen molar-refractivity contribution in [2.24, 2.45) is 11.8 Å². The van der Waals surface area contributed by atoms with Crippen molar-refractivity contribution in [3.8, 4) is 0 Å². The predicted octanol–water partition coefficient (Wildman–Crippen LogP) is 4.05. The maximum atomic E-state index is 10.8. The second kappa shape index (κ2) is 6.23. The molecule has 1 saturated heterocycles. The Morgan fingerprint density at radius 1 is 0.727 bits per heavy atom. The fourth-order valence-corrected chi connectivity index (χ4v) is 4.15. The van der Waals surface area contributed by atoms with Crippen LogP contribution in [0.5, 0.6) is 0 Å². The molecule has 2 heteroatoms. The van der Waals surface area contributed by atoms with Crippen LogP contribution in [0.15, 0.2) is 60.7 Å². The molecule has 2 nitrogen and oxygen atoms in total. The molecule has 1 aliphatic rings. The second-order valence-electron chi connectivity index (χ2n) is 6.59. The molecule has 0 spiro atoms. The highest BCUT2D eigenvalue weighted by Crippen LogP contribution is 2.46. The van der Waals surface area contributed by atoms with Gasteiger partial charge >= 0.3 is 0 Å². The van der Waals surface area contributed by atoms with Crippen molar-refractivity contribution in [3.63, 3.8) is 0 Å². The van der Waals surface area contributed by atoms with Gasteiger partial charge in [0.2, 0.25) is 0 Å². The van der Waals surface area contributed by atoms with Crippen molar-refractivity contribution < 1.29 is 5.11 Å². The Hall–Kier alpha value is -1.64. The number of aliphatic hydroxyl groups is 1. The number of aliphatic hydroxyl groups excluding tert-OH is 1. The van der Waals surface area contributed by atoms with Crippen LogP contribution in [0.3, 0.4) is 0 Å². The van der Waals surface area contributed by atoms with E-state index in [4.69, 9.17) is 0 Å². The molecule has 1 fully saturated rings. The standard InChI is InChI=1S/C20H25NO/c1-14-18(16-10-6-4-7-11-16)21(3)19(15(2)20(14)22)17-12-8-5-9-13-17/h4-15,18-20,22H,1-3H3/t14-,15+,18-,19+,20?. The first-order valence-electron chi connectivity index (χ1n) is 8.11. The molecule has 1 N–H and O–H groups in total. The molecule has 0 radical (unpaired) electrons. The van der Waals surface area contributed by atoms with Crippen LogP contribution >= 0.6 is 0 Å². The van der Waals surface area contributed by atoms with Gasteiger partial charge in [0.15, 0.2) is 0 Å². The van der Waals surface area contributed by atoms with Crippen LogP contribution in [-0.2, 0) is 0 Å². The summed E-state index contributed by atoms with van der Waals surface area (Å²) in [6, 6.07) is 21.6. The first-order valence-corrected chi connectivity index (χ1v) is 8.11. The Morgan fingerprint density at radius 3 is 1.45 bits per heavy atom. The Bertz CT molecular complexity index is 544. The van der Waals surface area contributed by atoms with E-state index in [9.17, 15) is 5.11 Å². The van der Waals surface area contributed by atoms with Gasteiger partial charge in [-0.1, -0.05) is 74.5 Å². The lowest BCUT2D eigenvalue weighted by molar-refractivity contribution is -0.0748. The molecule has 2 aromatic carbocycles. The van der Waals surface area contributed by atoms with E-state index in [2.05, 4.69) is 74.3 Å². The Kier molecular flexibility index (Phi) is 4.32. The molecule has 0 aromatic heterocycles. The molecule has 1 heterocycles. The quantitative estimate of drug-likeness (QED) is 0.903. The van der Waals surface area contributed by atoms with E-state index in [1.165, 1.54) is 11.1 Å². The third-order valence-electron chi connectivity index (χ3n) is 5.23. The van der Waals surface area contributed by atoms with Crippen LogP contribution in [0.4, 0.5) is 0 Å². The van der Waals surface area contributed by atoms with Crippen LogP contribution in [-0.4, -0.2) is 23.2 Å². The summed E-state index contributed by atoms with van der Waals surface area (Å²) in [5.41, 5.74) is 2.56. The Labute approximate surface area is 133 Å². The van der Waals surface area contributed by atoms with E-state index < -0.39 is 0 Å². The van der Waals surface area contributed by atoms with Crippen molar-refractivity contribution in [1.29, 1.82) is 0 Å². The molecule has 0 bridgehead atoms. The number of nitrogens with zero attached hydrogens (tertiary/aromatic N) is 1. The first kappa shape index (κ1) is 15.3. The summed E-state index contributed by atoms with van der Waals surface area (Å²) in [6.07, 6.45) is -0.299. The van der Waals surface area contributed by atoms with Crippen LogP contribution in [0.25, 0.3) is 0 Å². The van der Waals surface area contributed by atoms with Gasteiger partial charge in [0.05, 0.1) is 6.10 Å². The van der Waals surface area contributed by atoms with Crippen LogP contribution in [0.2, 0.25) is 0 Å². The molecule has 1 aliphatic heterocycles. The molecule has 5 atom stereocenters. The zero-order valence-corrected chi connectivity index (χ0v) is 13.6. The lowest BCUT2D eigenvalue weighted by Gasteiger charge is -2.50. The maximum absolute atomic E-state index is 10.8. The summed E-state index contributed by atoms with van der Waals surface area (Å²) in [5.74, 6) is 0.421. The lowest BCUT2D eigenvalue weighted by Crippen LogP contribution is -2.49. The zero-order valence-electron chi connectivity index (χ0n) is 13.6. The summed E-state index contributed by atoms with van der Waals surface area (Å²) >= 11 is 0. The smallest absolute Gasteiger partial charge is 0.0627 e. The number of likely N-dealkylation sites (tertiary alicyclic amines) is 1. The third-order valence-corrected chi connectivity index (χ3v) is 5.23. The summed E-state index contributed by atoms with van der Waals surface area (Å²) in [6.45, 7) is 4.33. The average molecular weight is 295 g/mol. The van der Waals surface area contributed by atoms with Gasteiger partial charge in [-0.3, -0.25) is 4.90 Å². The van der Waals surface area contributed by atoms with Gasteiger partial charge in [-0.15, -0.1) is 0 Å². The van der Waals surface area contributed by atoms with E-state index >= 15 is 0 Å². The SMILES string of the molecule is C[C@@H]1C(O)[C@H](C)[C@H](c2ccccc2)N(C)[C@@H]1c1ccccc1. The fourth-order valence-electron chi connectivity index (χ4n) is 4.15. The monoisotopic (exact) mass is 295 g/mol. The second-order valence-corrected chi connectivity index (χ2v) is 6.59. The number of benzene rings is 2. The summed E-state index contributed by atoms with van der Waals surface area (Å²) in [7, 11) is 2.19. The molecule has 0 saturated carbocycles. The first-order chi connectivity index (χ1) is 10.6. The van der Waals surface area contributed by atoms with Gasteiger partial charge in [-0.25, -0.2) is 0 Å². The third kappa shape index (κ3) is 2.57. The van der Waals surface area contributed by atoms with Crippen LogP contribution in [0.1, 0.15) is 37.1 Å². The minimum absolute atomic E-state index is 0.211. The van der Waals surface area contributed by atoms with Crippen molar-refractivity contribution in [2.75, 3.05) is 7.05 Å². The van der Waals surface area contributed by atoms with E-state index in [1.54, 1.807) is 0 Å². The lowest BCUT2D eigenvalue weighted by atomic mass is 9.74. The summed E-state index contributed by atoms with van der Waals surface area (Å²) in [5, 5.41) is 10.8. The predicted molar refractivity (Wildman–Crippen MR) is 90.5 cm³/mol. The van der Waals surface area contributed by atoms with Crippen LogP contribution in [0, 0.1) is 11.8 Å². The van der Waals surface area contributed by atoms with Gasteiger partial charge in [0.25, 0.3) is 0 Å². The van der Waals surface area contributed by atoms with E-state index in [1.807, 2.05) is 12.1 Å². The molecule has 3 rings (SSSR count). The molecule has 1 unspecified atom stereocenters. The number of hydrogen-bond acceptors (Lipinski definition) is 2. The van der Waals surface area contributed by atoms with Crippen LogP contribution < -0.4 is 0 Å². The average Bonchev–Trinajstić information content (AvgIpc) is 2.55. The van der Waals surface area contributed by atoms with Gasteiger partial charge in [0.1, 0.15) is 0 Å². The highest BCUT2D eigenvalue weighted by Gasteiger charge is 2.44. The molecular formula is C20H25NO. The number of piperidine rings is 1. The molecular weight excluding hydrogens is 270 g/mol. The molecule has 22 heavy (non-hydrogen) atoms. The van der Waals surface area contributed by atoms with Gasteiger partial charge < -0.3 is 5.11 Å². The van der Waals surface area contributed by atoms with Crippen molar-refractivity contribution >= 4 is 0 Å². The van der Waals surface area contributed by atoms with Gasteiger partial charge in [-0.05, 0) is 18.2 Å². The van der Waals surface area contributed by atoms with Crippen molar-refractivity contribution in [3.05, 3.63) is 71.8 Å². The van der Waals surface area contributed by atoms with Crippen molar-refractivity contribution in [2.45, 2.75) is 32.0 Å². The molecule has 0 amide bonds. The maximum Gasteiger partial charge on any atom is 0.0627 e. The van der Waals surface area contributed by atoms with Crippen molar-refractivity contribution in [1.82, 2.24) is 4.90 Å². The Balaban J connectivity index is 2.01. The summed E-state index contributed by atoms with van der Waals surface area (Å²) in [4.78, 5) is 2.44. The molecule has 0 aliphatic carbocycles.